The van der Waals surface area contributed by atoms with Crippen LogP contribution >= 0.6 is 31.9 Å². The maximum atomic E-state index is 8.74. The predicted molar refractivity (Wildman–Crippen MR) is 90.0 cm³/mol. The second-order valence-electron chi connectivity index (χ2n) is 4.23. The van der Waals surface area contributed by atoms with Crippen molar-refractivity contribution in [2.45, 2.75) is 20.3 Å². The fourth-order valence-corrected chi connectivity index (χ4v) is 2.09. The zero-order valence-electron chi connectivity index (χ0n) is 11.3. The molecule has 2 rings (SSSR count). The van der Waals surface area contributed by atoms with Crippen molar-refractivity contribution in [2.75, 3.05) is 0 Å². The third-order valence-electron chi connectivity index (χ3n) is 2.70. The number of hydrogen-bond acceptors (Lipinski definition) is 3. The molecule has 0 atom stereocenters. The van der Waals surface area contributed by atoms with E-state index >= 15 is 0 Å². The molecule has 0 aliphatic carbocycles. The first-order chi connectivity index (χ1) is 9.43. The number of aryl methyl sites for hydroxylation is 2. The molecule has 0 saturated heterocycles. The third kappa shape index (κ3) is 5.75. The predicted octanol–water partition coefficient (Wildman–Crippen LogP) is 2.84. The Morgan fingerprint density at radius 2 is 1.75 bits per heavy atom. The summed E-state index contributed by atoms with van der Waals surface area (Å²) in [5.74, 6) is 0. The van der Waals surface area contributed by atoms with Crippen LogP contribution in [0.25, 0.3) is 0 Å². The summed E-state index contributed by atoms with van der Waals surface area (Å²) in [7, 11) is -1.35. The number of halogens is 2. The molecule has 0 amide bonds. The SMILES string of the molecule is CCc1ccc(B(O)O)cc1.Cc1cc(Br)ncc1Br. The number of hydrogen-bond donors (Lipinski definition) is 2. The maximum Gasteiger partial charge on any atom is 0.488 e. The lowest BCUT2D eigenvalue weighted by Gasteiger charge is -1.99. The van der Waals surface area contributed by atoms with Gasteiger partial charge in [0, 0.05) is 10.7 Å². The summed E-state index contributed by atoms with van der Waals surface area (Å²) in [4.78, 5) is 4.01. The van der Waals surface area contributed by atoms with Crippen LogP contribution in [0, 0.1) is 6.92 Å². The molecule has 0 radical (unpaired) electrons. The fraction of sp³-hybridized carbons (Fsp3) is 0.214. The lowest BCUT2D eigenvalue weighted by atomic mass is 9.80. The number of benzene rings is 1. The molecule has 106 valence electrons. The second kappa shape index (κ2) is 8.57. The summed E-state index contributed by atoms with van der Waals surface area (Å²) in [6.45, 7) is 4.08. The van der Waals surface area contributed by atoms with Crippen molar-refractivity contribution in [3.63, 3.8) is 0 Å². The van der Waals surface area contributed by atoms with Crippen molar-refractivity contribution in [2.24, 2.45) is 0 Å². The van der Waals surface area contributed by atoms with Gasteiger partial charge in [0.2, 0.25) is 0 Å². The van der Waals surface area contributed by atoms with Crippen LogP contribution in [0.15, 0.2) is 45.6 Å². The zero-order chi connectivity index (χ0) is 15.1. The van der Waals surface area contributed by atoms with E-state index in [0.717, 1.165) is 15.5 Å². The van der Waals surface area contributed by atoms with Crippen LogP contribution in [0.1, 0.15) is 18.1 Å². The molecule has 1 heterocycles. The molecular weight excluding hydrogens is 385 g/mol. The van der Waals surface area contributed by atoms with Gasteiger partial charge in [0.05, 0.1) is 0 Å². The van der Waals surface area contributed by atoms with Gasteiger partial charge >= 0.3 is 7.12 Å². The van der Waals surface area contributed by atoms with Crippen molar-refractivity contribution in [3.05, 3.63) is 56.7 Å². The fourth-order valence-electron chi connectivity index (χ4n) is 1.43. The van der Waals surface area contributed by atoms with E-state index in [2.05, 4.69) is 43.8 Å². The molecule has 2 N–H and O–H groups in total. The van der Waals surface area contributed by atoms with E-state index in [4.69, 9.17) is 10.0 Å². The monoisotopic (exact) mass is 399 g/mol. The van der Waals surface area contributed by atoms with E-state index < -0.39 is 7.12 Å². The van der Waals surface area contributed by atoms with Crippen LogP contribution in [0.2, 0.25) is 0 Å². The van der Waals surface area contributed by atoms with E-state index in [9.17, 15) is 0 Å². The molecule has 1 aromatic heterocycles. The van der Waals surface area contributed by atoms with Crippen molar-refractivity contribution >= 4 is 44.4 Å². The maximum absolute atomic E-state index is 8.74. The molecule has 3 nitrogen and oxygen atoms in total. The quantitative estimate of drug-likeness (QED) is 0.602. The molecule has 0 unspecified atom stereocenters. The number of aromatic nitrogens is 1. The highest BCUT2D eigenvalue weighted by molar-refractivity contribution is 9.11. The van der Waals surface area contributed by atoms with Crippen LogP contribution in [-0.2, 0) is 6.42 Å². The second-order valence-corrected chi connectivity index (χ2v) is 5.89. The lowest BCUT2D eigenvalue weighted by molar-refractivity contribution is 0.426. The Bertz CT molecular complexity index is 547. The Balaban J connectivity index is 0.000000204. The molecule has 1 aromatic carbocycles. The minimum atomic E-state index is -1.35. The van der Waals surface area contributed by atoms with E-state index in [1.807, 2.05) is 25.1 Å². The number of pyridine rings is 1. The molecule has 0 aliphatic heterocycles. The summed E-state index contributed by atoms with van der Waals surface area (Å²) < 4.78 is 1.92. The number of rotatable bonds is 2. The van der Waals surface area contributed by atoms with Gasteiger partial charge < -0.3 is 10.0 Å². The van der Waals surface area contributed by atoms with Crippen LogP contribution in [0.5, 0.6) is 0 Å². The van der Waals surface area contributed by atoms with Gasteiger partial charge in [-0.3, -0.25) is 0 Å². The van der Waals surface area contributed by atoms with Crippen molar-refractivity contribution in [1.29, 1.82) is 0 Å². The van der Waals surface area contributed by atoms with Crippen molar-refractivity contribution in [1.82, 2.24) is 4.98 Å². The van der Waals surface area contributed by atoms with Gasteiger partial charge in [0.15, 0.2) is 0 Å². The van der Waals surface area contributed by atoms with Crippen molar-refractivity contribution in [3.8, 4) is 0 Å². The molecule has 0 aliphatic rings. The Labute approximate surface area is 136 Å². The summed E-state index contributed by atoms with van der Waals surface area (Å²) in [5.41, 5.74) is 2.94. The Morgan fingerprint density at radius 1 is 1.15 bits per heavy atom. The summed E-state index contributed by atoms with van der Waals surface area (Å²) in [6.07, 6.45) is 2.75. The van der Waals surface area contributed by atoms with Gasteiger partial charge in [-0.25, -0.2) is 4.98 Å². The van der Waals surface area contributed by atoms with Gasteiger partial charge in [-0.1, -0.05) is 31.2 Å². The standard InChI is InChI=1S/C8H11BO2.C6H5Br2N/c1-2-7-3-5-8(6-4-7)9(10)11;1-4-2-6(8)9-3-5(4)7/h3-6,10-11H,2H2,1H3;2-3H,1H3. The van der Waals surface area contributed by atoms with Crippen LogP contribution in [0.3, 0.4) is 0 Å². The summed E-state index contributed by atoms with van der Waals surface area (Å²) in [5, 5.41) is 17.5. The Hall–Kier alpha value is -0.685. The van der Waals surface area contributed by atoms with Gasteiger partial charge in [0.1, 0.15) is 4.60 Å². The molecule has 0 bridgehead atoms. The Morgan fingerprint density at radius 3 is 2.15 bits per heavy atom. The highest BCUT2D eigenvalue weighted by Gasteiger charge is 2.08. The molecule has 0 saturated carbocycles. The minimum absolute atomic E-state index is 0.544. The van der Waals surface area contributed by atoms with Gasteiger partial charge in [-0.15, -0.1) is 0 Å². The largest absolute Gasteiger partial charge is 0.488 e. The average Bonchev–Trinajstić information content (AvgIpc) is 2.44. The minimum Gasteiger partial charge on any atom is -0.423 e. The molecule has 6 heteroatoms. The normalized spacial score (nSPS) is 9.70. The van der Waals surface area contributed by atoms with Gasteiger partial charge in [0.25, 0.3) is 0 Å². The topological polar surface area (TPSA) is 53.4 Å². The van der Waals surface area contributed by atoms with E-state index in [-0.39, 0.29) is 0 Å². The van der Waals surface area contributed by atoms with E-state index in [0.29, 0.717) is 5.46 Å². The smallest absolute Gasteiger partial charge is 0.423 e. The third-order valence-corrected chi connectivity index (χ3v) is 3.96. The molecule has 20 heavy (non-hydrogen) atoms. The first kappa shape index (κ1) is 17.4. The first-order valence-corrected chi connectivity index (χ1v) is 7.75. The van der Waals surface area contributed by atoms with Gasteiger partial charge in [-0.2, -0.15) is 0 Å². The number of nitrogens with zero attached hydrogens (tertiary/aromatic N) is 1. The highest BCUT2D eigenvalue weighted by Crippen LogP contribution is 2.17. The van der Waals surface area contributed by atoms with E-state index in [1.54, 1.807) is 18.3 Å². The zero-order valence-corrected chi connectivity index (χ0v) is 14.5. The van der Waals surface area contributed by atoms with Crippen LogP contribution in [-0.4, -0.2) is 22.2 Å². The average molecular weight is 401 g/mol. The molecule has 0 fully saturated rings. The van der Waals surface area contributed by atoms with Gasteiger partial charge in [-0.05, 0) is 67.9 Å². The highest BCUT2D eigenvalue weighted by atomic mass is 79.9. The summed E-state index contributed by atoms with van der Waals surface area (Å²) in [6, 6.07) is 9.21. The summed E-state index contributed by atoms with van der Waals surface area (Å²) >= 11 is 6.61. The first-order valence-electron chi connectivity index (χ1n) is 6.16. The van der Waals surface area contributed by atoms with E-state index in [1.165, 1.54) is 11.1 Å². The molecule has 0 spiro atoms. The molecular formula is C14H16BBr2NO2. The Kier molecular flexibility index (Phi) is 7.44. The van der Waals surface area contributed by atoms with Crippen LogP contribution in [0.4, 0.5) is 0 Å². The van der Waals surface area contributed by atoms with Crippen LogP contribution < -0.4 is 5.46 Å². The van der Waals surface area contributed by atoms with Crippen molar-refractivity contribution < 1.29 is 10.0 Å². The lowest BCUT2D eigenvalue weighted by Crippen LogP contribution is -2.29. The molecule has 2 aromatic rings.